The molecule has 1 aromatic carbocycles. The van der Waals surface area contributed by atoms with Crippen molar-refractivity contribution in [1.82, 2.24) is 24.1 Å². The number of carbonyl (C=O) groups excluding carboxylic acids is 1. The minimum atomic E-state index is -3.51. The maximum Gasteiger partial charge on any atom is 0.242 e. The molecule has 182 valence electrons. The Morgan fingerprint density at radius 3 is 2.58 bits per heavy atom. The van der Waals surface area contributed by atoms with Crippen LogP contribution >= 0.6 is 11.8 Å². The van der Waals surface area contributed by atoms with Crippen LogP contribution in [0.5, 0.6) is 0 Å². The molecule has 0 spiro atoms. The SMILES string of the molecule is CN(C)S(=O)(=O)c1ccc2c(c1)nc(CCC(=O)NCC1(N3CCSCC3)CCCC1)n2C. The van der Waals surface area contributed by atoms with Crippen LogP contribution in [0.25, 0.3) is 11.0 Å². The Balaban J connectivity index is 1.39. The van der Waals surface area contributed by atoms with Crippen LogP contribution in [-0.4, -0.2) is 83.9 Å². The number of thioether (sulfide) groups is 1. The lowest BCUT2D eigenvalue weighted by molar-refractivity contribution is -0.121. The molecule has 1 aliphatic heterocycles. The summed E-state index contributed by atoms with van der Waals surface area (Å²) in [7, 11) is 1.43. The number of hydrogen-bond acceptors (Lipinski definition) is 6. The van der Waals surface area contributed by atoms with E-state index in [-0.39, 0.29) is 16.3 Å². The van der Waals surface area contributed by atoms with Gasteiger partial charge < -0.3 is 9.88 Å². The number of aryl methyl sites for hydroxylation is 2. The maximum atomic E-state index is 12.7. The van der Waals surface area contributed by atoms with Crippen molar-refractivity contribution in [2.24, 2.45) is 7.05 Å². The van der Waals surface area contributed by atoms with Gasteiger partial charge in [0, 0.05) is 70.7 Å². The van der Waals surface area contributed by atoms with Crippen molar-refractivity contribution in [1.29, 1.82) is 0 Å². The van der Waals surface area contributed by atoms with Crippen LogP contribution in [0.2, 0.25) is 0 Å². The molecule has 0 atom stereocenters. The molecule has 2 aliphatic rings. The number of benzene rings is 1. The predicted octanol–water partition coefficient (Wildman–Crippen LogP) is 2.23. The van der Waals surface area contributed by atoms with Gasteiger partial charge in [-0.3, -0.25) is 9.69 Å². The summed E-state index contributed by atoms with van der Waals surface area (Å²) in [5.41, 5.74) is 1.61. The van der Waals surface area contributed by atoms with E-state index in [0.29, 0.717) is 18.4 Å². The fraction of sp³-hybridized carbons (Fsp3) is 0.652. The summed E-state index contributed by atoms with van der Waals surface area (Å²) < 4.78 is 28.0. The highest BCUT2D eigenvalue weighted by molar-refractivity contribution is 7.99. The summed E-state index contributed by atoms with van der Waals surface area (Å²) >= 11 is 2.02. The van der Waals surface area contributed by atoms with Crippen molar-refractivity contribution >= 4 is 38.7 Å². The van der Waals surface area contributed by atoms with Crippen molar-refractivity contribution < 1.29 is 13.2 Å². The van der Waals surface area contributed by atoms with Crippen LogP contribution in [0.4, 0.5) is 0 Å². The van der Waals surface area contributed by atoms with E-state index in [1.165, 1.54) is 55.6 Å². The van der Waals surface area contributed by atoms with Gasteiger partial charge in [-0.05, 0) is 31.0 Å². The number of nitrogens with one attached hydrogen (secondary N) is 1. The zero-order chi connectivity index (χ0) is 23.6. The first-order valence-electron chi connectivity index (χ1n) is 11.7. The largest absolute Gasteiger partial charge is 0.354 e. The Morgan fingerprint density at radius 2 is 1.91 bits per heavy atom. The van der Waals surface area contributed by atoms with E-state index in [2.05, 4.69) is 15.2 Å². The molecule has 0 radical (unpaired) electrons. The van der Waals surface area contributed by atoms with E-state index in [1.807, 2.05) is 23.4 Å². The molecule has 1 amide bonds. The molecule has 1 aliphatic carbocycles. The Labute approximate surface area is 201 Å². The number of fused-ring (bicyclic) bond motifs is 1. The molecular formula is C23H35N5O3S2. The number of imidazole rings is 1. The van der Waals surface area contributed by atoms with Crippen LogP contribution in [0.1, 0.15) is 37.9 Å². The van der Waals surface area contributed by atoms with E-state index in [1.54, 1.807) is 18.2 Å². The molecule has 4 rings (SSSR count). The zero-order valence-corrected chi connectivity index (χ0v) is 21.5. The van der Waals surface area contributed by atoms with Crippen molar-refractivity contribution in [2.45, 2.75) is 49.0 Å². The van der Waals surface area contributed by atoms with Gasteiger partial charge in [-0.15, -0.1) is 0 Å². The molecule has 2 heterocycles. The number of aromatic nitrogens is 2. The van der Waals surface area contributed by atoms with Gasteiger partial charge in [-0.2, -0.15) is 11.8 Å². The summed E-state index contributed by atoms with van der Waals surface area (Å²) in [4.78, 5) is 20.2. The Hall–Kier alpha value is -1.62. The second-order valence-corrected chi connectivity index (χ2v) is 12.7. The Morgan fingerprint density at radius 1 is 1.21 bits per heavy atom. The molecule has 1 aromatic heterocycles. The lowest BCUT2D eigenvalue weighted by Crippen LogP contribution is -2.56. The minimum absolute atomic E-state index is 0.0515. The molecule has 10 heteroatoms. The number of nitrogens with zero attached hydrogens (tertiary/aromatic N) is 4. The van der Waals surface area contributed by atoms with Crippen molar-refractivity contribution in [3.8, 4) is 0 Å². The molecule has 2 fully saturated rings. The number of amides is 1. The zero-order valence-electron chi connectivity index (χ0n) is 19.8. The molecule has 33 heavy (non-hydrogen) atoms. The van der Waals surface area contributed by atoms with Gasteiger partial charge in [0.2, 0.25) is 15.9 Å². The summed E-state index contributed by atoms with van der Waals surface area (Å²) in [5, 5.41) is 3.22. The molecule has 0 unspecified atom stereocenters. The van der Waals surface area contributed by atoms with Gasteiger partial charge in [0.1, 0.15) is 5.82 Å². The van der Waals surface area contributed by atoms with E-state index in [9.17, 15) is 13.2 Å². The highest BCUT2D eigenvalue weighted by atomic mass is 32.2. The van der Waals surface area contributed by atoms with Gasteiger partial charge in [0.05, 0.1) is 15.9 Å². The van der Waals surface area contributed by atoms with Crippen LogP contribution in [0, 0.1) is 0 Å². The van der Waals surface area contributed by atoms with Crippen molar-refractivity contribution in [3.63, 3.8) is 0 Å². The highest BCUT2D eigenvalue weighted by Gasteiger charge is 2.40. The second kappa shape index (κ2) is 9.93. The molecular weight excluding hydrogens is 458 g/mol. The number of rotatable bonds is 8. The third kappa shape index (κ3) is 5.08. The maximum absolute atomic E-state index is 12.7. The highest BCUT2D eigenvalue weighted by Crippen LogP contribution is 2.36. The molecule has 2 aromatic rings. The Bertz CT molecular complexity index is 1100. The lowest BCUT2D eigenvalue weighted by atomic mass is 9.94. The van der Waals surface area contributed by atoms with Gasteiger partial charge in [-0.25, -0.2) is 17.7 Å². The normalized spacial score (nSPS) is 19.4. The van der Waals surface area contributed by atoms with Crippen LogP contribution in [0.15, 0.2) is 23.1 Å². The standard InChI is InChI=1S/C23H35N5O3S2/c1-26(2)33(30,31)18-6-7-20-19(16-18)25-21(27(20)3)8-9-22(29)24-17-23(10-4-5-11-23)28-12-14-32-15-13-28/h6-7,16H,4-5,8-15,17H2,1-3H3,(H,24,29). The summed E-state index contributed by atoms with van der Waals surface area (Å²) in [6.07, 6.45) is 5.70. The smallest absolute Gasteiger partial charge is 0.242 e. The van der Waals surface area contributed by atoms with Crippen LogP contribution in [0.3, 0.4) is 0 Å². The second-order valence-electron chi connectivity index (χ2n) is 9.33. The molecule has 1 saturated carbocycles. The fourth-order valence-corrected chi connectivity index (χ4v) is 6.90. The van der Waals surface area contributed by atoms with Crippen molar-refractivity contribution in [3.05, 3.63) is 24.0 Å². The van der Waals surface area contributed by atoms with Gasteiger partial charge in [0.25, 0.3) is 0 Å². The van der Waals surface area contributed by atoms with Crippen molar-refractivity contribution in [2.75, 3.05) is 45.2 Å². The van der Waals surface area contributed by atoms with Gasteiger partial charge in [0.15, 0.2) is 0 Å². The third-order valence-electron chi connectivity index (χ3n) is 7.13. The first kappa shape index (κ1) is 24.5. The fourth-order valence-electron chi connectivity index (χ4n) is 5.08. The van der Waals surface area contributed by atoms with E-state index < -0.39 is 10.0 Å². The number of carbonyl (C=O) groups is 1. The van der Waals surface area contributed by atoms with Gasteiger partial charge >= 0.3 is 0 Å². The van der Waals surface area contributed by atoms with Crippen LogP contribution in [-0.2, 0) is 28.3 Å². The molecule has 8 nitrogen and oxygen atoms in total. The molecule has 1 saturated heterocycles. The lowest BCUT2D eigenvalue weighted by Gasteiger charge is -2.43. The topological polar surface area (TPSA) is 87.5 Å². The first-order chi connectivity index (χ1) is 15.7. The Kier molecular flexibility index (Phi) is 7.38. The average molecular weight is 494 g/mol. The summed E-state index contributed by atoms with van der Waals surface area (Å²) in [6, 6.07) is 4.99. The quantitative estimate of drug-likeness (QED) is 0.607. The first-order valence-corrected chi connectivity index (χ1v) is 14.3. The predicted molar refractivity (Wildman–Crippen MR) is 133 cm³/mol. The average Bonchev–Trinajstić information content (AvgIpc) is 3.42. The number of sulfonamides is 1. The van der Waals surface area contributed by atoms with Crippen LogP contribution < -0.4 is 5.32 Å². The minimum Gasteiger partial charge on any atom is -0.354 e. The third-order valence-corrected chi connectivity index (χ3v) is 9.88. The molecule has 1 N–H and O–H groups in total. The van der Waals surface area contributed by atoms with E-state index in [4.69, 9.17) is 0 Å². The van der Waals surface area contributed by atoms with E-state index >= 15 is 0 Å². The molecule has 0 bridgehead atoms. The summed E-state index contributed by atoms with van der Waals surface area (Å²) in [5.74, 6) is 3.19. The summed E-state index contributed by atoms with van der Waals surface area (Å²) in [6.45, 7) is 2.96. The van der Waals surface area contributed by atoms with Gasteiger partial charge in [-0.1, -0.05) is 12.8 Å². The van der Waals surface area contributed by atoms with E-state index in [0.717, 1.165) is 31.0 Å². The monoisotopic (exact) mass is 493 g/mol. The number of hydrogen-bond donors (Lipinski definition) is 1.